The van der Waals surface area contributed by atoms with E-state index in [0.29, 0.717) is 18.4 Å². The van der Waals surface area contributed by atoms with Gasteiger partial charge in [-0.1, -0.05) is 24.3 Å². The van der Waals surface area contributed by atoms with Gasteiger partial charge in [0.05, 0.1) is 24.5 Å². The van der Waals surface area contributed by atoms with Crippen molar-refractivity contribution >= 4 is 34.5 Å². The van der Waals surface area contributed by atoms with E-state index in [1.807, 2.05) is 36.4 Å². The third-order valence-corrected chi connectivity index (χ3v) is 5.96. The van der Waals surface area contributed by atoms with Crippen molar-refractivity contribution in [2.75, 3.05) is 18.4 Å². The minimum absolute atomic E-state index is 0.225. The van der Waals surface area contributed by atoms with Crippen LogP contribution in [0.5, 0.6) is 0 Å². The van der Waals surface area contributed by atoms with E-state index >= 15 is 0 Å². The average molecular weight is 476 g/mol. The molecule has 1 aliphatic rings. The number of aliphatic carboxylic acids is 1. The van der Waals surface area contributed by atoms with Crippen LogP contribution in [0.3, 0.4) is 0 Å². The number of fused-ring (bicyclic) bond motifs is 2. The van der Waals surface area contributed by atoms with Crippen LogP contribution < -0.4 is 16.0 Å². The van der Waals surface area contributed by atoms with Crippen molar-refractivity contribution in [1.82, 2.24) is 20.6 Å². The van der Waals surface area contributed by atoms with Gasteiger partial charge in [-0.3, -0.25) is 19.4 Å². The highest BCUT2D eigenvalue weighted by molar-refractivity contribution is 5.85. The van der Waals surface area contributed by atoms with Crippen LogP contribution in [-0.2, 0) is 27.2 Å². The molecular weight excluding hydrogens is 446 g/mol. The molecule has 3 heterocycles. The molecule has 0 saturated carbocycles. The Labute approximate surface area is 203 Å². The Balaban J connectivity index is 1.25. The molecule has 3 aromatic rings. The molecule has 1 atom stereocenters. The summed E-state index contributed by atoms with van der Waals surface area (Å²) in [7, 11) is 0. The third-order valence-electron chi connectivity index (χ3n) is 5.96. The summed E-state index contributed by atoms with van der Waals surface area (Å²) in [5, 5.41) is 18.8. The number of carboxylic acids is 1. The highest BCUT2D eigenvalue weighted by atomic mass is 16.4. The summed E-state index contributed by atoms with van der Waals surface area (Å²) >= 11 is 0. The molecular formula is C26H29N5O4. The molecule has 2 amide bonds. The number of aromatic nitrogens is 2. The van der Waals surface area contributed by atoms with E-state index in [1.165, 1.54) is 5.56 Å². The number of carbonyl (C=O) groups is 3. The van der Waals surface area contributed by atoms with Gasteiger partial charge in [0, 0.05) is 30.2 Å². The molecule has 35 heavy (non-hydrogen) atoms. The zero-order chi connectivity index (χ0) is 24.6. The van der Waals surface area contributed by atoms with Crippen LogP contribution in [0, 0.1) is 0 Å². The molecule has 0 bridgehead atoms. The maximum atomic E-state index is 12.5. The van der Waals surface area contributed by atoms with Crippen LogP contribution in [0.1, 0.15) is 48.5 Å². The fourth-order valence-corrected chi connectivity index (χ4v) is 4.16. The summed E-state index contributed by atoms with van der Waals surface area (Å²) in [5.74, 6) is -0.801. The second kappa shape index (κ2) is 11.4. The first kappa shape index (κ1) is 24.1. The Morgan fingerprint density at radius 3 is 2.83 bits per heavy atom. The van der Waals surface area contributed by atoms with Crippen LogP contribution >= 0.6 is 0 Å². The van der Waals surface area contributed by atoms with E-state index in [2.05, 4.69) is 32.0 Å². The van der Waals surface area contributed by atoms with Crippen molar-refractivity contribution in [2.24, 2.45) is 0 Å². The zero-order valence-electron chi connectivity index (χ0n) is 19.4. The zero-order valence-corrected chi connectivity index (χ0v) is 19.4. The number of aryl methyl sites for hydroxylation is 2. The first-order chi connectivity index (χ1) is 17.0. The fraction of sp³-hybridized carbons (Fsp3) is 0.346. The van der Waals surface area contributed by atoms with Crippen LogP contribution in [0.2, 0.25) is 0 Å². The predicted molar refractivity (Wildman–Crippen MR) is 132 cm³/mol. The van der Waals surface area contributed by atoms with Crippen LogP contribution in [0.4, 0.5) is 5.82 Å². The lowest BCUT2D eigenvalue weighted by Gasteiger charge is -2.18. The first-order valence-electron chi connectivity index (χ1n) is 11.8. The molecule has 9 heteroatoms. The van der Waals surface area contributed by atoms with Gasteiger partial charge in [0.15, 0.2) is 0 Å². The average Bonchev–Trinajstić information content (AvgIpc) is 2.86. The Morgan fingerprint density at radius 1 is 1.11 bits per heavy atom. The number of rotatable bonds is 10. The number of hydrogen-bond donors (Lipinski definition) is 4. The molecule has 1 aliphatic heterocycles. The number of pyridine rings is 2. The van der Waals surface area contributed by atoms with Gasteiger partial charge in [0.1, 0.15) is 5.82 Å². The van der Waals surface area contributed by atoms with Crippen molar-refractivity contribution in [3.63, 3.8) is 0 Å². The molecule has 2 aromatic heterocycles. The SMILES string of the molecule is O=C(O)CC(NC(=O)CNC(=O)CCCc1ccc2c(n1)NCCC2)c1cnc2ccccc2c1. The lowest BCUT2D eigenvalue weighted by Crippen LogP contribution is -2.39. The number of anilines is 1. The van der Waals surface area contributed by atoms with Crippen LogP contribution in [0.25, 0.3) is 10.9 Å². The third kappa shape index (κ3) is 6.75. The highest BCUT2D eigenvalue weighted by Crippen LogP contribution is 2.21. The van der Waals surface area contributed by atoms with Gasteiger partial charge < -0.3 is 21.1 Å². The molecule has 1 unspecified atom stereocenters. The molecule has 0 radical (unpaired) electrons. The summed E-state index contributed by atoms with van der Waals surface area (Å²) in [5.41, 5.74) is 3.54. The predicted octanol–water partition coefficient (Wildman–Crippen LogP) is 2.76. The molecule has 0 aliphatic carbocycles. The quantitative estimate of drug-likeness (QED) is 0.354. The standard InChI is InChI=1S/C26H29N5O4/c32-23(9-3-7-20-11-10-17-6-4-12-27-26(17)30-20)29-16-24(33)31-22(14-25(34)35)19-13-18-5-1-2-8-21(18)28-15-19/h1-2,5,8,10-11,13,15,22H,3-4,6-7,9,12,14,16H2,(H,27,30)(H,29,32)(H,31,33)(H,34,35). The van der Waals surface area contributed by atoms with Gasteiger partial charge in [-0.2, -0.15) is 0 Å². The molecule has 0 spiro atoms. The van der Waals surface area contributed by atoms with Gasteiger partial charge in [-0.15, -0.1) is 0 Å². The van der Waals surface area contributed by atoms with Gasteiger partial charge in [-0.25, -0.2) is 4.98 Å². The lowest BCUT2D eigenvalue weighted by molar-refractivity contribution is -0.138. The topological polar surface area (TPSA) is 133 Å². The first-order valence-corrected chi connectivity index (χ1v) is 11.8. The molecule has 0 saturated heterocycles. The van der Waals surface area contributed by atoms with Gasteiger partial charge in [0.25, 0.3) is 0 Å². The fourth-order valence-electron chi connectivity index (χ4n) is 4.16. The molecule has 1 aromatic carbocycles. The van der Waals surface area contributed by atoms with E-state index < -0.39 is 17.9 Å². The van der Waals surface area contributed by atoms with Crippen molar-refractivity contribution in [3.8, 4) is 0 Å². The lowest BCUT2D eigenvalue weighted by atomic mass is 10.0. The van der Waals surface area contributed by atoms with Gasteiger partial charge in [0.2, 0.25) is 11.8 Å². The minimum atomic E-state index is -1.04. The molecule has 4 N–H and O–H groups in total. The van der Waals surface area contributed by atoms with E-state index in [9.17, 15) is 19.5 Å². The van der Waals surface area contributed by atoms with Crippen LogP contribution in [-0.4, -0.2) is 45.9 Å². The summed E-state index contributed by atoms with van der Waals surface area (Å²) in [6.45, 7) is 0.704. The summed E-state index contributed by atoms with van der Waals surface area (Å²) < 4.78 is 0. The van der Waals surface area contributed by atoms with Gasteiger partial charge >= 0.3 is 5.97 Å². The van der Waals surface area contributed by atoms with E-state index in [1.54, 1.807) is 6.20 Å². The highest BCUT2D eigenvalue weighted by Gasteiger charge is 2.19. The number of para-hydroxylation sites is 1. The number of carbonyl (C=O) groups excluding carboxylic acids is 2. The largest absolute Gasteiger partial charge is 0.481 e. The maximum Gasteiger partial charge on any atom is 0.305 e. The second-order valence-electron chi connectivity index (χ2n) is 8.65. The number of nitrogens with zero attached hydrogens (tertiary/aromatic N) is 2. The number of amides is 2. The molecule has 4 rings (SSSR count). The summed E-state index contributed by atoms with van der Waals surface area (Å²) in [6, 6.07) is 12.6. The summed E-state index contributed by atoms with van der Waals surface area (Å²) in [4.78, 5) is 45.0. The van der Waals surface area contributed by atoms with E-state index in [0.717, 1.165) is 41.8 Å². The number of nitrogens with one attached hydrogen (secondary N) is 3. The number of benzene rings is 1. The van der Waals surface area contributed by atoms with Gasteiger partial charge in [-0.05, 0) is 55.0 Å². The minimum Gasteiger partial charge on any atom is -0.481 e. The number of hydrogen-bond acceptors (Lipinski definition) is 6. The van der Waals surface area contributed by atoms with Crippen molar-refractivity contribution in [1.29, 1.82) is 0 Å². The molecule has 0 fully saturated rings. The van der Waals surface area contributed by atoms with Crippen molar-refractivity contribution in [3.05, 3.63) is 65.5 Å². The normalized spacial score (nSPS) is 13.4. The Kier molecular flexibility index (Phi) is 7.87. The summed E-state index contributed by atoms with van der Waals surface area (Å²) in [6.07, 6.45) is 4.98. The van der Waals surface area contributed by atoms with Crippen molar-refractivity contribution in [2.45, 2.75) is 44.6 Å². The smallest absolute Gasteiger partial charge is 0.305 e. The van der Waals surface area contributed by atoms with E-state index in [4.69, 9.17) is 0 Å². The number of carboxylic acid groups (broad SMARTS) is 1. The molecule has 9 nitrogen and oxygen atoms in total. The van der Waals surface area contributed by atoms with Crippen molar-refractivity contribution < 1.29 is 19.5 Å². The Bertz CT molecular complexity index is 1230. The molecule has 182 valence electrons. The van der Waals surface area contributed by atoms with Crippen LogP contribution in [0.15, 0.2) is 48.7 Å². The van der Waals surface area contributed by atoms with E-state index in [-0.39, 0.29) is 25.3 Å². The monoisotopic (exact) mass is 475 g/mol. The second-order valence-corrected chi connectivity index (χ2v) is 8.65. The Hall–Kier alpha value is -4.01. The Morgan fingerprint density at radius 2 is 1.97 bits per heavy atom. The maximum absolute atomic E-state index is 12.5.